The first-order valence-corrected chi connectivity index (χ1v) is 7.01. The number of hydrogen-bond acceptors (Lipinski definition) is 5. The maximum Gasteiger partial charge on any atom is 0.321 e. The number of carboxylic acid groups (broad SMARTS) is 1. The highest BCUT2D eigenvalue weighted by atomic mass is 32.2. The van der Waals surface area contributed by atoms with E-state index in [2.05, 4.69) is 9.88 Å². The molecule has 1 aromatic heterocycles. The van der Waals surface area contributed by atoms with Crippen LogP contribution in [0.15, 0.2) is 10.6 Å². The SMILES string of the molecule is Cc1cc(CS(=O)(=O)NC(C(=O)O)C(C)C)no1. The van der Waals surface area contributed by atoms with Crippen LogP contribution in [0.4, 0.5) is 0 Å². The lowest BCUT2D eigenvalue weighted by atomic mass is 10.1. The Kier molecular flexibility index (Phi) is 4.47. The number of hydrogen-bond donors (Lipinski definition) is 2. The van der Waals surface area contributed by atoms with Gasteiger partial charge in [-0.1, -0.05) is 19.0 Å². The second-order valence-corrected chi connectivity index (χ2v) is 6.12. The Balaban J connectivity index is 2.78. The van der Waals surface area contributed by atoms with Crippen molar-refractivity contribution in [2.75, 3.05) is 0 Å². The number of sulfonamides is 1. The first kappa shape index (κ1) is 14.7. The molecule has 1 atom stereocenters. The van der Waals surface area contributed by atoms with E-state index < -0.39 is 27.8 Å². The van der Waals surface area contributed by atoms with Gasteiger partial charge in [0, 0.05) is 6.07 Å². The number of aryl methyl sites for hydroxylation is 1. The van der Waals surface area contributed by atoms with Gasteiger partial charge in [0.1, 0.15) is 23.2 Å². The predicted molar refractivity (Wildman–Crippen MR) is 63.3 cm³/mol. The lowest BCUT2D eigenvalue weighted by Crippen LogP contribution is -2.44. The fraction of sp³-hybridized carbons (Fsp3) is 0.600. The normalized spacial score (nSPS) is 13.8. The Morgan fingerprint density at radius 1 is 1.56 bits per heavy atom. The maximum absolute atomic E-state index is 11.8. The second kappa shape index (κ2) is 5.49. The van der Waals surface area contributed by atoms with E-state index in [-0.39, 0.29) is 11.6 Å². The molecule has 0 fully saturated rings. The van der Waals surface area contributed by atoms with Crippen molar-refractivity contribution in [2.24, 2.45) is 5.92 Å². The van der Waals surface area contributed by atoms with Gasteiger partial charge in [-0.25, -0.2) is 13.1 Å². The van der Waals surface area contributed by atoms with Crippen molar-refractivity contribution in [1.82, 2.24) is 9.88 Å². The van der Waals surface area contributed by atoms with Crippen LogP contribution in [0, 0.1) is 12.8 Å². The van der Waals surface area contributed by atoms with E-state index in [4.69, 9.17) is 9.63 Å². The molecule has 0 amide bonds. The Labute approximate surface area is 105 Å². The smallest absolute Gasteiger partial charge is 0.321 e. The topological polar surface area (TPSA) is 110 Å². The molecule has 1 heterocycles. The number of aliphatic carboxylic acids is 1. The van der Waals surface area contributed by atoms with Gasteiger partial charge in [-0.15, -0.1) is 0 Å². The number of carboxylic acids is 1. The largest absolute Gasteiger partial charge is 0.480 e. The Bertz CT molecular complexity index is 520. The number of carbonyl (C=O) groups is 1. The standard InChI is InChI=1S/C10H16N2O5S/c1-6(2)9(10(13)14)12-18(15,16)5-8-4-7(3)17-11-8/h4,6,9,12H,5H2,1-3H3,(H,13,14). The van der Waals surface area contributed by atoms with Gasteiger partial charge in [0.25, 0.3) is 0 Å². The summed E-state index contributed by atoms with van der Waals surface area (Å²) in [5.74, 6) is -1.46. The lowest BCUT2D eigenvalue weighted by Gasteiger charge is -2.17. The van der Waals surface area contributed by atoms with E-state index in [0.717, 1.165) is 0 Å². The van der Waals surface area contributed by atoms with Gasteiger partial charge >= 0.3 is 5.97 Å². The van der Waals surface area contributed by atoms with E-state index in [1.165, 1.54) is 6.07 Å². The minimum absolute atomic E-state index is 0.243. The van der Waals surface area contributed by atoms with Crippen molar-refractivity contribution in [3.63, 3.8) is 0 Å². The molecular formula is C10H16N2O5S. The van der Waals surface area contributed by atoms with Gasteiger partial charge < -0.3 is 9.63 Å². The van der Waals surface area contributed by atoms with Gasteiger partial charge in [0.2, 0.25) is 10.0 Å². The van der Waals surface area contributed by atoms with E-state index in [1.54, 1.807) is 20.8 Å². The minimum Gasteiger partial charge on any atom is -0.480 e. The summed E-state index contributed by atoms with van der Waals surface area (Å²) in [4.78, 5) is 10.9. The Hall–Kier alpha value is -1.41. The van der Waals surface area contributed by atoms with Crippen LogP contribution in [0.1, 0.15) is 25.3 Å². The average Bonchev–Trinajstić information content (AvgIpc) is 2.58. The van der Waals surface area contributed by atoms with Crippen LogP contribution in [-0.2, 0) is 20.6 Å². The molecule has 1 aromatic rings. The van der Waals surface area contributed by atoms with E-state index in [1.807, 2.05) is 0 Å². The van der Waals surface area contributed by atoms with Crippen molar-refractivity contribution < 1.29 is 22.8 Å². The summed E-state index contributed by atoms with van der Waals surface area (Å²) >= 11 is 0. The van der Waals surface area contributed by atoms with Crippen molar-refractivity contribution in [2.45, 2.75) is 32.6 Å². The number of nitrogens with one attached hydrogen (secondary N) is 1. The van der Waals surface area contributed by atoms with E-state index >= 15 is 0 Å². The lowest BCUT2D eigenvalue weighted by molar-refractivity contribution is -0.140. The molecule has 0 aliphatic heterocycles. The van der Waals surface area contributed by atoms with Gasteiger partial charge in [-0.2, -0.15) is 0 Å². The third-order valence-corrected chi connectivity index (χ3v) is 3.54. The fourth-order valence-electron chi connectivity index (χ4n) is 1.39. The third kappa shape index (κ3) is 4.11. The molecule has 0 saturated heterocycles. The number of rotatable bonds is 6. The highest BCUT2D eigenvalue weighted by Gasteiger charge is 2.27. The zero-order valence-electron chi connectivity index (χ0n) is 10.4. The second-order valence-electron chi connectivity index (χ2n) is 4.37. The highest BCUT2D eigenvalue weighted by molar-refractivity contribution is 7.88. The molecule has 0 radical (unpaired) electrons. The molecule has 0 aliphatic rings. The van der Waals surface area contributed by atoms with Gasteiger partial charge in [-0.05, 0) is 12.8 Å². The predicted octanol–water partition coefficient (Wildman–Crippen LogP) is 0.512. The molecule has 0 aromatic carbocycles. The van der Waals surface area contributed by atoms with Crippen LogP contribution >= 0.6 is 0 Å². The minimum atomic E-state index is -3.76. The maximum atomic E-state index is 11.8. The summed E-state index contributed by atoms with van der Waals surface area (Å²) < 4.78 is 30.4. The van der Waals surface area contributed by atoms with Crippen LogP contribution in [0.2, 0.25) is 0 Å². The third-order valence-electron chi connectivity index (χ3n) is 2.25. The van der Waals surface area contributed by atoms with Crippen molar-refractivity contribution in [1.29, 1.82) is 0 Å². The fourth-order valence-corrected chi connectivity index (χ4v) is 2.76. The van der Waals surface area contributed by atoms with E-state index in [9.17, 15) is 13.2 Å². The molecule has 0 bridgehead atoms. The Morgan fingerprint density at radius 3 is 2.56 bits per heavy atom. The molecule has 2 N–H and O–H groups in total. The molecule has 0 saturated carbocycles. The van der Waals surface area contributed by atoms with Gasteiger partial charge in [0.15, 0.2) is 0 Å². The molecule has 1 unspecified atom stereocenters. The molecule has 18 heavy (non-hydrogen) atoms. The number of nitrogens with zero attached hydrogens (tertiary/aromatic N) is 1. The van der Waals surface area contributed by atoms with E-state index in [0.29, 0.717) is 5.76 Å². The zero-order chi connectivity index (χ0) is 13.9. The van der Waals surface area contributed by atoms with Crippen LogP contribution in [0.3, 0.4) is 0 Å². The van der Waals surface area contributed by atoms with Crippen molar-refractivity contribution in [3.8, 4) is 0 Å². The molecule has 102 valence electrons. The molecular weight excluding hydrogens is 260 g/mol. The monoisotopic (exact) mass is 276 g/mol. The van der Waals surface area contributed by atoms with Crippen molar-refractivity contribution >= 4 is 16.0 Å². The molecule has 0 aliphatic carbocycles. The molecule has 8 heteroatoms. The highest BCUT2D eigenvalue weighted by Crippen LogP contribution is 2.09. The number of aromatic nitrogens is 1. The van der Waals surface area contributed by atoms with Crippen molar-refractivity contribution in [3.05, 3.63) is 17.5 Å². The van der Waals surface area contributed by atoms with Crippen LogP contribution < -0.4 is 4.72 Å². The first-order chi connectivity index (χ1) is 8.21. The summed E-state index contributed by atoms with van der Waals surface area (Å²) in [7, 11) is -3.76. The molecule has 1 rings (SSSR count). The first-order valence-electron chi connectivity index (χ1n) is 5.36. The summed E-state index contributed by atoms with van der Waals surface area (Å²) in [5, 5.41) is 12.5. The molecule has 0 spiro atoms. The summed E-state index contributed by atoms with van der Waals surface area (Å²) in [6, 6.07) is 0.340. The quantitative estimate of drug-likeness (QED) is 0.783. The van der Waals surface area contributed by atoms with Crippen LogP contribution in [-0.4, -0.2) is 30.7 Å². The van der Waals surface area contributed by atoms with Crippen LogP contribution in [0.25, 0.3) is 0 Å². The summed E-state index contributed by atoms with van der Waals surface area (Å²) in [5.41, 5.74) is 0.243. The molecule has 7 nitrogen and oxygen atoms in total. The summed E-state index contributed by atoms with van der Waals surface area (Å²) in [6.07, 6.45) is 0. The van der Waals surface area contributed by atoms with Gasteiger partial charge in [0.05, 0.1) is 0 Å². The Morgan fingerprint density at radius 2 is 2.17 bits per heavy atom. The zero-order valence-corrected chi connectivity index (χ0v) is 11.2. The average molecular weight is 276 g/mol. The van der Waals surface area contributed by atoms with Crippen LogP contribution in [0.5, 0.6) is 0 Å². The van der Waals surface area contributed by atoms with Gasteiger partial charge in [-0.3, -0.25) is 4.79 Å². The summed E-state index contributed by atoms with van der Waals surface area (Å²) in [6.45, 7) is 4.90.